The summed E-state index contributed by atoms with van der Waals surface area (Å²) in [7, 11) is 0. The number of carbonyl (C=O) groups is 2. The third kappa shape index (κ3) is 2.88. The van der Waals surface area contributed by atoms with Gasteiger partial charge in [-0.2, -0.15) is 0 Å². The third-order valence-corrected chi connectivity index (χ3v) is 3.42. The predicted octanol–water partition coefficient (Wildman–Crippen LogP) is 0.860. The molecule has 0 aliphatic carbocycles. The predicted molar refractivity (Wildman–Crippen MR) is 70.2 cm³/mol. The number of carboxylic acid groups (broad SMARTS) is 1. The molecule has 0 bridgehead atoms. The van der Waals surface area contributed by atoms with E-state index < -0.39 is 24.0 Å². The SMILES string of the molecule is CC(O)C(NC(=O)c1ccc2ncsc2c1)C(=O)O. The summed E-state index contributed by atoms with van der Waals surface area (Å²) in [5, 5.41) is 20.5. The highest BCUT2D eigenvalue weighted by atomic mass is 32.1. The third-order valence-electron chi connectivity index (χ3n) is 2.63. The number of rotatable bonds is 4. The Morgan fingerprint density at radius 3 is 2.79 bits per heavy atom. The number of carbonyl (C=O) groups excluding carboxylic acids is 1. The van der Waals surface area contributed by atoms with Crippen molar-refractivity contribution >= 4 is 33.4 Å². The van der Waals surface area contributed by atoms with E-state index >= 15 is 0 Å². The highest BCUT2D eigenvalue weighted by molar-refractivity contribution is 7.16. The number of fused-ring (bicyclic) bond motifs is 1. The largest absolute Gasteiger partial charge is 0.480 e. The number of hydrogen-bond donors (Lipinski definition) is 3. The molecular formula is C12H12N2O4S. The number of nitrogens with zero attached hydrogens (tertiary/aromatic N) is 1. The topological polar surface area (TPSA) is 99.5 Å². The van der Waals surface area contributed by atoms with Crippen LogP contribution in [0.2, 0.25) is 0 Å². The maximum Gasteiger partial charge on any atom is 0.328 e. The fraction of sp³-hybridized carbons (Fsp3) is 0.250. The lowest BCUT2D eigenvalue weighted by molar-refractivity contribution is -0.141. The van der Waals surface area contributed by atoms with Crippen molar-refractivity contribution in [1.29, 1.82) is 0 Å². The van der Waals surface area contributed by atoms with Gasteiger partial charge in [-0.05, 0) is 25.1 Å². The standard InChI is InChI=1S/C12H12N2O4S/c1-6(15)10(12(17)18)14-11(16)7-2-3-8-9(4-7)19-5-13-8/h2-6,10,15H,1H3,(H,14,16)(H,17,18). The molecule has 7 heteroatoms. The van der Waals surface area contributed by atoms with Crippen molar-refractivity contribution in [3.63, 3.8) is 0 Å². The van der Waals surface area contributed by atoms with Crippen molar-refractivity contribution < 1.29 is 19.8 Å². The van der Waals surface area contributed by atoms with Gasteiger partial charge in [0, 0.05) is 5.56 Å². The molecule has 1 heterocycles. The summed E-state index contributed by atoms with van der Waals surface area (Å²) in [4.78, 5) is 26.9. The zero-order valence-electron chi connectivity index (χ0n) is 10.0. The van der Waals surface area contributed by atoms with Gasteiger partial charge in [0.25, 0.3) is 5.91 Å². The minimum absolute atomic E-state index is 0.337. The van der Waals surface area contributed by atoms with Crippen molar-refractivity contribution in [2.45, 2.75) is 19.1 Å². The Labute approximate surface area is 112 Å². The fourth-order valence-electron chi connectivity index (χ4n) is 1.61. The number of nitrogens with one attached hydrogen (secondary N) is 1. The zero-order valence-corrected chi connectivity index (χ0v) is 10.8. The first-order valence-corrected chi connectivity index (χ1v) is 6.42. The maximum atomic E-state index is 11.9. The first kappa shape index (κ1) is 13.4. The molecule has 3 N–H and O–H groups in total. The molecule has 0 aliphatic rings. The van der Waals surface area contributed by atoms with E-state index in [2.05, 4.69) is 10.3 Å². The van der Waals surface area contributed by atoms with Gasteiger partial charge < -0.3 is 15.5 Å². The van der Waals surface area contributed by atoms with Crippen LogP contribution >= 0.6 is 11.3 Å². The number of hydrogen-bond acceptors (Lipinski definition) is 5. The van der Waals surface area contributed by atoms with Crippen LogP contribution in [0, 0.1) is 0 Å². The van der Waals surface area contributed by atoms with Gasteiger partial charge in [-0.25, -0.2) is 9.78 Å². The average Bonchev–Trinajstić information content (AvgIpc) is 2.81. The van der Waals surface area contributed by atoms with E-state index in [1.54, 1.807) is 23.7 Å². The molecule has 0 saturated heterocycles. The quantitative estimate of drug-likeness (QED) is 0.771. The van der Waals surface area contributed by atoms with Gasteiger partial charge in [0.2, 0.25) is 0 Å². The van der Waals surface area contributed by atoms with Crippen molar-refractivity contribution in [3.05, 3.63) is 29.3 Å². The van der Waals surface area contributed by atoms with Gasteiger partial charge in [-0.3, -0.25) is 4.79 Å². The number of aliphatic carboxylic acids is 1. The van der Waals surface area contributed by atoms with E-state index in [4.69, 9.17) is 5.11 Å². The Hall–Kier alpha value is -1.99. The smallest absolute Gasteiger partial charge is 0.328 e. The summed E-state index contributed by atoms with van der Waals surface area (Å²) < 4.78 is 0.844. The van der Waals surface area contributed by atoms with Crippen LogP contribution in [0.25, 0.3) is 10.2 Å². The van der Waals surface area contributed by atoms with Crippen LogP contribution in [0.1, 0.15) is 17.3 Å². The Bertz CT molecular complexity index is 623. The highest BCUT2D eigenvalue weighted by Crippen LogP contribution is 2.19. The van der Waals surface area contributed by atoms with E-state index in [9.17, 15) is 14.7 Å². The van der Waals surface area contributed by atoms with Gasteiger partial charge >= 0.3 is 5.97 Å². The summed E-state index contributed by atoms with van der Waals surface area (Å²) in [6.07, 6.45) is -1.17. The normalized spacial score (nSPS) is 14.0. The molecule has 2 rings (SSSR count). The lowest BCUT2D eigenvalue weighted by atomic mass is 10.1. The molecule has 1 amide bonds. The molecule has 0 spiro atoms. The molecule has 2 unspecified atom stereocenters. The van der Waals surface area contributed by atoms with E-state index in [0.29, 0.717) is 5.56 Å². The van der Waals surface area contributed by atoms with Gasteiger partial charge in [0.15, 0.2) is 6.04 Å². The number of benzene rings is 1. The second kappa shape index (κ2) is 5.33. The molecule has 100 valence electrons. The minimum atomic E-state index is -1.33. The van der Waals surface area contributed by atoms with Crippen LogP contribution in [0.3, 0.4) is 0 Å². The second-order valence-electron chi connectivity index (χ2n) is 4.06. The summed E-state index contributed by atoms with van der Waals surface area (Å²) >= 11 is 1.39. The van der Waals surface area contributed by atoms with E-state index in [-0.39, 0.29) is 0 Å². The van der Waals surface area contributed by atoms with Crippen LogP contribution in [0.5, 0.6) is 0 Å². The van der Waals surface area contributed by atoms with Crippen LogP contribution in [0.4, 0.5) is 0 Å². The highest BCUT2D eigenvalue weighted by Gasteiger charge is 2.25. The van der Waals surface area contributed by atoms with Gasteiger partial charge in [-0.15, -0.1) is 11.3 Å². The van der Waals surface area contributed by atoms with Crippen molar-refractivity contribution in [2.75, 3.05) is 0 Å². The molecule has 1 aromatic heterocycles. The molecule has 2 aromatic rings. The molecule has 0 radical (unpaired) electrons. The first-order chi connectivity index (χ1) is 8.99. The van der Waals surface area contributed by atoms with E-state index in [1.807, 2.05) is 0 Å². The Balaban J connectivity index is 2.21. The number of thiazole rings is 1. The molecule has 19 heavy (non-hydrogen) atoms. The summed E-state index contributed by atoms with van der Waals surface area (Å²) in [6.45, 7) is 1.31. The molecule has 0 saturated carbocycles. The molecule has 0 aliphatic heterocycles. The van der Waals surface area contributed by atoms with Gasteiger partial charge in [0.1, 0.15) is 0 Å². The molecule has 1 aromatic carbocycles. The minimum Gasteiger partial charge on any atom is -0.480 e. The van der Waals surface area contributed by atoms with Crippen LogP contribution < -0.4 is 5.32 Å². The average molecular weight is 280 g/mol. The van der Waals surface area contributed by atoms with E-state index in [0.717, 1.165) is 10.2 Å². The monoisotopic (exact) mass is 280 g/mol. The Morgan fingerprint density at radius 1 is 1.42 bits per heavy atom. The van der Waals surface area contributed by atoms with Gasteiger partial charge in [0.05, 0.1) is 21.8 Å². The second-order valence-corrected chi connectivity index (χ2v) is 4.95. The summed E-state index contributed by atoms with van der Waals surface area (Å²) in [6, 6.07) is 3.57. The lowest BCUT2D eigenvalue weighted by Crippen LogP contribution is -2.47. The van der Waals surface area contributed by atoms with Crippen molar-refractivity contribution in [1.82, 2.24) is 10.3 Å². The van der Waals surface area contributed by atoms with Crippen LogP contribution in [-0.2, 0) is 4.79 Å². The zero-order chi connectivity index (χ0) is 14.0. The molecular weight excluding hydrogens is 268 g/mol. The van der Waals surface area contributed by atoms with Crippen LogP contribution in [0.15, 0.2) is 23.7 Å². The maximum absolute atomic E-state index is 11.9. The number of amides is 1. The number of aliphatic hydroxyl groups is 1. The molecule has 6 nitrogen and oxygen atoms in total. The summed E-state index contributed by atoms with van der Waals surface area (Å²) in [5.74, 6) is -1.81. The Morgan fingerprint density at radius 2 is 2.16 bits per heavy atom. The van der Waals surface area contributed by atoms with Gasteiger partial charge in [-0.1, -0.05) is 0 Å². The van der Waals surface area contributed by atoms with Crippen LogP contribution in [-0.4, -0.2) is 39.2 Å². The van der Waals surface area contributed by atoms with E-state index in [1.165, 1.54) is 18.3 Å². The number of carboxylic acids is 1. The fourth-order valence-corrected chi connectivity index (χ4v) is 2.33. The number of aliphatic hydroxyl groups excluding tert-OH is 1. The number of aromatic nitrogens is 1. The van der Waals surface area contributed by atoms with Crippen molar-refractivity contribution in [3.8, 4) is 0 Å². The van der Waals surface area contributed by atoms with Crippen molar-refractivity contribution in [2.24, 2.45) is 0 Å². The first-order valence-electron chi connectivity index (χ1n) is 5.54. The Kier molecular flexibility index (Phi) is 3.77. The lowest BCUT2D eigenvalue weighted by Gasteiger charge is -2.16. The summed E-state index contributed by atoms with van der Waals surface area (Å²) in [5.41, 5.74) is 2.79. The molecule has 0 fully saturated rings. The molecule has 2 atom stereocenters.